The molecule has 1 amide bonds. The number of carbonyl (C=O) groups excluding carboxylic acids is 2. The van der Waals surface area contributed by atoms with Crippen LogP contribution in [0.5, 0.6) is 0 Å². The summed E-state index contributed by atoms with van der Waals surface area (Å²) in [7, 11) is 0. The van der Waals surface area contributed by atoms with Gasteiger partial charge in [-0.2, -0.15) is 0 Å². The number of rotatable bonds is 4. The van der Waals surface area contributed by atoms with Crippen LogP contribution in [0.15, 0.2) is 22.8 Å². The second-order valence-electron chi connectivity index (χ2n) is 10.3. The highest BCUT2D eigenvalue weighted by Gasteiger charge is 2.50. The van der Waals surface area contributed by atoms with Crippen molar-refractivity contribution in [3.8, 4) is 0 Å². The van der Waals surface area contributed by atoms with Gasteiger partial charge in [0.2, 0.25) is 0 Å². The van der Waals surface area contributed by atoms with Gasteiger partial charge in [0, 0.05) is 23.5 Å². The number of hydrogen-bond donors (Lipinski definition) is 0. The fourth-order valence-corrected chi connectivity index (χ4v) is 5.66. The summed E-state index contributed by atoms with van der Waals surface area (Å²) >= 11 is 0. The van der Waals surface area contributed by atoms with Crippen molar-refractivity contribution in [1.82, 2.24) is 4.90 Å². The number of carbonyl (C=O) groups is 2. The van der Waals surface area contributed by atoms with Crippen molar-refractivity contribution < 1.29 is 18.7 Å². The fourth-order valence-electron chi connectivity index (χ4n) is 5.66. The summed E-state index contributed by atoms with van der Waals surface area (Å²) in [4.78, 5) is 27.1. The van der Waals surface area contributed by atoms with Crippen molar-refractivity contribution in [3.05, 3.63) is 35.1 Å². The molecular formula is C24H31NO4. The molecule has 5 nitrogen and oxygen atoms in total. The highest BCUT2D eigenvalue weighted by molar-refractivity contribution is 5.88. The number of fused-ring (bicyclic) bond motifs is 3. The normalized spacial score (nSPS) is 25.4. The smallest absolute Gasteiger partial charge is 0.310 e. The van der Waals surface area contributed by atoms with E-state index in [1.54, 1.807) is 6.26 Å². The second-order valence-corrected chi connectivity index (χ2v) is 10.3. The van der Waals surface area contributed by atoms with Crippen LogP contribution in [-0.2, 0) is 20.7 Å². The number of benzene rings is 1. The zero-order chi connectivity index (χ0) is 21.0. The molecule has 2 bridgehead atoms. The maximum atomic E-state index is 12.8. The molecule has 1 aliphatic carbocycles. The minimum atomic E-state index is -0.395. The summed E-state index contributed by atoms with van der Waals surface area (Å²) in [5.41, 5.74) is 4.30. The van der Waals surface area contributed by atoms with Crippen LogP contribution >= 0.6 is 0 Å². The molecule has 1 saturated heterocycles. The summed E-state index contributed by atoms with van der Waals surface area (Å²) < 4.78 is 10.9. The minimum absolute atomic E-state index is 0.0757. The number of likely N-dealkylation sites (tertiary alicyclic amines) is 1. The second kappa shape index (κ2) is 6.89. The Bertz CT molecular complexity index is 973. The third-order valence-electron chi connectivity index (χ3n) is 6.70. The molecule has 1 aromatic heterocycles. The van der Waals surface area contributed by atoms with Crippen LogP contribution in [0.2, 0.25) is 0 Å². The van der Waals surface area contributed by atoms with Crippen molar-refractivity contribution in [3.63, 3.8) is 0 Å². The van der Waals surface area contributed by atoms with Crippen LogP contribution in [0.1, 0.15) is 56.7 Å². The molecule has 0 spiro atoms. The van der Waals surface area contributed by atoms with Crippen LogP contribution in [-0.4, -0.2) is 36.0 Å². The molecule has 0 radical (unpaired) electrons. The number of nitrogens with zero attached hydrogens (tertiary/aromatic N) is 1. The molecule has 156 valence electrons. The molecule has 1 aromatic carbocycles. The third kappa shape index (κ3) is 3.92. The first-order valence-electron chi connectivity index (χ1n) is 10.5. The molecule has 1 aliphatic heterocycles. The zero-order valence-electron chi connectivity index (χ0n) is 18.1. The molecule has 2 unspecified atom stereocenters. The van der Waals surface area contributed by atoms with E-state index in [2.05, 4.69) is 20.8 Å². The van der Waals surface area contributed by atoms with Gasteiger partial charge in [0.1, 0.15) is 5.58 Å². The number of esters is 1. The molecule has 2 aromatic rings. The van der Waals surface area contributed by atoms with Crippen molar-refractivity contribution in [2.24, 2.45) is 10.8 Å². The van der Waals surface area contributed by atoms with Gasteiger partial charge in [0.15, 0.2) is 6.61 Å². The standard InChI is InChI=1S/C24H31NO4/c1-15-6-19-17(11-28-20(19)7-16(15)2)8-22(27)29-12-21(26)25-14-24(5)10-18(25)9-23(3,4)13-24/h6-7,11,18H,8-10,12-14H2,1-5H3. The molecular weight excluding hydrogens is 366 g/mol. The lowest BCUT2D eigenvalue weighted by Crippen LogP contribution is -2.39. The lowest BCUT2D eigenvalue weighted by molar-refractivity contribution is -0.152. The Morgan fingerprint density at radius 1 is 1.17 bits per heavy atom. The first kappa shape index (κ1) is 20.0. The summed E-state index contributed by atoms with van der Waals surface area (Å²) in [6.45, 7) is 11.5. The summed E-state index contributed by atoms with van der Waals surface area (Å²) in [6.07, 6.45) is 4.92. The molecule has 2 fully saturated rings. The van der Waals surface area contributed by atoms with E-state index < -0.39 is 5.97 Å². The van der Waals surface area contributed by atoms with Crippen molar-refractivity contribution in [1.29, 1.82) is 0 Å². The van der Waals surface area contributed by atoms with Crippen LogP contribution in [0.4, 0.5) is 0 Å². The Labute approximate surface area is 172 Å². The fraction of sp³-hybridized carbons (Fsp3) is 0.583. The van der Waals surface area contributed by atoms with Crippen LogP contribution in [0.3, 0.4) is 0 Å². The van der Waals surface area contributed by atoms with Crippen LogP contribution in [0, 0.1) is 24.7 Å². The van der Waals surface area contributed by atoms with Crippen LogP contribution < -0.4 is 0 Å². The molecule has 29 heavy (non-hydrogen) atoms. The van der Waals surface area contributed by atoms with E-state index in [1.165, 1.54) is 0 Å². The number of furan rings is 1. The summed E-state index contributed by atoms with van der Waals surface area (Å²) in [5, 5.41) is 0.930. The van der Waals surface area contributed by atoms with Crippen molar-refractivity contribution in [2.45, 2.75) is 66.3 Å². The molecule has 2 heterocycles. The van der Waals surface area contributed by atoms with Gasteiger partial charge in [-0.05, 0) is 67.2 Å². The average molecular weight is 398 g/mol. The zero-order valence-corrected chi connectivity index (χ0v) is 18.1. The Balaban J connectivity index is 1.37. The Kier molecular flexibility index (Phi) is 4.75. The van der Waals surface area contributed by atoms with Gasteiger partial charge < -0.3 is 14.1 Å². The number of amides is 1. The van der Waals surface area contributed by atoms with Gasteiger partial charge >= 0.3 is 5.97 Å². The van der Waals surface area contributed by atoms with Crippen molar-refractivity contribution >= 4 is 22.8 Å². The Morgan fingerprint density at radius 2 is 1.90 bits per heavy atom. The van der Waals surface area contributed by atoms with E-state index in [4.69, 9.17) is 9.15 Å². The van der Waals surface area contributed by atoms with E-state index in [9.17, 15) is 9.59 Å². The molecule has 2 aliphatic rings. The van der Waals surface area contributed by atoms with E-state index in [0.717, 1.165) is 53.5 Å². The van der Waals surface area contributed by atoms with Gasteiger partial charge in [-0.25, -0.2) is 0 Å². The molecule has 5 heteroatoms. The number of ether oxygens (including phenoxy) is 1. The maximum Gasteiger partial charge on any atom is 0.310 e. The quantitative estimate of drug-likeness (QED) is 0.710. The monoisotopic (exact) mass is 397 g/mol. The van der Waals surface area contributed by atoms with E-state index in [-0.39, 0.29) is 35.8 Å². The highest BCUT2D eigenvalue weighted by atomic mass is 16.5. The molecule has 4 rings (SSSR count). The first-order valence-corrected chi connectivity index (χ1v) is 10.5. The van der Waals surface area contributed by atoms with Gasteiger partial charge in [0.05, 0.1) is 12.7 Å². The third-order valence-corrected chi connectivity index (χ3v) is 6.70. The lowest BCUT2D eigenvalue weighted by Gasteiger charge is -2.39. The molecule has 0 N–H and O–H groups in total. The van der Waals surface area contributed by atoms with E-state index >= 15 is 0 Å². The van der Waals surface area contributed by atoms with E-state index in [0.29, 0.717) is 0 Å². The average Bonchev–Trinajstić information content (AvgIpc) is 3.10. The number of aryl methyl sites for hydroxylation is 2. The predicted molar refractivity (Wildman–Crippen MR) is 112 cm³/mol. The summed E-state index contributed by atoms with van der Waals surface area (Å²) in [5.74, 6) is -0.471. The van der Waals surface area contributed by atoms with Gasteiger partial charge in [0.25, 0.3) is 5.91 Å². The van der Waals surface area contributed by atoms with E-state index in [1.807, 2.05) is 30.9 Å². The number of hydrogen-bond acceptors (Lipinski definition) is 4. The lowest BCUT2D eigenvalue weighted by atomic mass is 9.65. The molecule has 1 saturated carbocycles. The summed E-state index contributed by atoms with van der Waals surface area (Å²) in [6, 6.07) is 4.28. The minimum Gasteiger partial charge on any atom is -0.464 e. The predicted octanol–water partition coefficient (Wildman–Crippen LogP) is 4.56. The van der Waals surface area contributed by atoms with Gasteiger partial charge in [-0.15, -0.1) is 0 Å². The highest BCUT2D eigenvalue weighted by Crippen LogP contribution is 2.52. The van der Waals surface area contributed by atoms with Crippen LogP contribution in [0.25, 0.3) is 11.0 Å². The maximum absolute atomic E-state index is 12.8. The Morgan fingerprint density at radius 3 is 2.66 bits per heavy atom. The largest absolute Gasteiger partial charge is 0.464 e. The van der Waals surface area contributed by atoms with Gasteiger partial charge in [-0.3, -0.25) is 9.59 Å². The SMILES string of the molecule is Cc1cc2occ(CC(=O)OCC(=O)N3CC4(C)CC3CC(C)(C)C4)c2cc1C. The topological polar surface area (TPSA) is 59.8 Å². The first-order chi connectivity index (χ1) is 13.6. The van der Waals surface area contributed by atoms with Crippen molar-refractivity contribution in [2.75, 3.05) is 13.2 Å². The van der Waals surface area contributed by atoms with Gasteiger partial charge in [-0.1, -0.05) is 20.8 Å². The molecule has 2 atom stereocenters. The Hall–Kier alpha value is -2.30.